The van der Waals surface area contributed by atoms with Gasteiger partial charge in [-0.05, 0) is 53.4 Å². The zero-order valence-corrected chi connectivity index (χ0v) is 15.7. The van der Waals surface area contributed by atoms with E-state index in [0.717, 1.165) is 29.2 Å². The molecule has 0 spiro atoms. The molecule has 0 saturated heterocycles. The van der Waals surface area contributed by atoms with Crippen LogP contribution in [0, 0.1) is 0 Å². The average molecular weight is 398 g/mol. The Hall–Kier alpha value is -3.12. The van der Waals surface area contributed by atoms with Crippen LogP contribution in [0.15, 0.2) is 72.8 Å². The lowest BCUT2D eigenvalue weighted by Crippen LogP contribution is -2.17. The third-order valence-corrected chi connectivity index (χ3v) is 4.61. The van der Waals surface area contributed by atoms with E-state index in [0.29, 0.717) is 24.2 Å². The first-order valence-electron chi connectivity index (χ1n) is 9.19. The molecule has 0 radical (unpaired) electrons. The van der Waals surface area contributed by atoms with Crippen molar-refractivity contribution >= 4 is 5.91 Å². The van der Waals surface area contributed by atoms with Crippen LogP contribution in [-0.4, -0.2) is 12.5 Å². The lowest BCUT2D eigenvalue weighted by molar-refractivity contribution is -0.137. The minimum absolute atomic E-state index is 0.377. The second kappa shape index (κ2) is 8.92. The molecule has 0 aliphatic heterocycles. The van der Waals surface area contributed by atoms with Crippen molar-refractivity contribution in [2.24, 2.45) is 5.73 Å². The van der Waals surface area contributed by atoms with Crippen LogP contribution in [0.3, 0.4) is 0 Å². The maximum atomic E-state index is 12.8. The molecule has 0 heterocycles. The number of amides is 1. The molecular formula is C23H21F3N2O. The number of halogens is 3. The van der Waals surface area contributed by atoms with Gasteiger partial charge in [-0.2, -0.15) is 13.2 Å². The van der Waals surface area contributed by atoms with Crippen molar-refractivity contribution < 1.29 is 18.0 Å². The van der Waals surface area contributed by atoms with Crippen molar-refractivity contribution in [2.45, 2.75) is 19.1 Å². The van der Waals surface area contributed by atoms with Gasteiger partial charge in [0.2, 0.25) is 5.91 Å². The maximum Gasteiger partial charge on any atom is 0.416 e. The molecule has 0 atom stereocenters. The Bertz CT molecular complexity index is 982. The van der Waals surface area contributed by atoms with Crippen LogP contribution in [0.5, 0.6) is 0 Å². The molecule has 3 nitrogen and oxygen atoms in total. The van der Waals surface area contributed by atoms with Gasteiger partial charge >= 0.3 is 6.18 Å². The second-order valence-electron chi connectivity index (χ2n) is 6.77. The Kier molecular flexibility index (Phi) is 6.34. The number of nitrogens with two attached hydrogens (primary N) is 1. The molecule has 0 aromatic heterocycles. The van der Waals surface area contributed by atoms with Gasteiger partial charge in [0.25, 0.3) is 0 Å². The topological polar surface area (TPSA) is 55.1 Å². The molecule has 3 aromatic rings. The summed E-state index contributed by atoms with van der Waals surface area (Å²) in [4.78, 5) is 11.3. The van der Waals surface area contributed by atoms with Crippen LogP contribution in [0.4, 0.5) is 13.2 Å². The molecule has 3 rings (SSSR count). The molecule has 3 aromatic carbocycles. The predicted octanol–water partition coefficient (Wildman–Crippen LogP) is 4.80. The van der Waals surface area contributed by atoms with Crippen LogP contribution in [0.2, 0.25) is 0 Å². The van der Waals surface area contributed by atoms with E-state index >= 15 is 0 Å². The molecule has 0 aliphatic carbocycles. The molecule has 0 fully saturated rings. The van der Waals surface area contributed by atoms with Crippen LogP contribution in [0.25, 0.3) is 11.1 Å². The van der Waals surface area contributed by atoms with Gasteiger partial charge in [0.15, 0.2) is 0 Å². The number of hydrogen-bond donors (Lipinski definition) is 2. The van der Waals surface area contributed by atoms with E-state index in [9.17, 15) is 18.0 Å². The van der Waals surface area contributed by atoms with Gasteiger partial charge in [0.1, 0.15) is 0 Å². The highest BCUT2D eigenvalue weighted by Gasteiger charge is 2.30. The van der Waals surface area contributed by atoms with Crippen LogP contribution in [-0.2, 0) is 19.1 Å². The van der Waals surface area contributed by atoms with Gasteiger partial charge in [-0.3, -0.25) is 4.79 Å². The fraction of sp³-hybridized carbons (Fsp3) is 0.174. The van der Waals surface area contributed by atoms with Gasteiger partial charge in [-0.1, -0.05) is 54.6 Å². The highest BCUT2D eigenvalue weighted by atomic mass is 19.4. The van der Waals surface area contributed by atoms with Gasteiger partial charge in [0, 0.05) is 12.1 Å². The number of primary amides is 1. The number of carbonyl (C=O) groups is 1. The first kappa shape index (κ1) is 20.6. The fourth-order valence-electron chi connectivity index (χ4n) is 3.04. The zero-order chi connectivity index (χ0) is 20.9. The number of alkyl halides is 3. The van der Waals surface area contributed by atoms with E-state index in [1.54, 1.807) is 24.3 Å². The largest absolute Gasteiger partial charge is 0.416 e. The number of nitrogens with one attached hydrogen (secondary N) is 1. The molecule has 150 valence electrons. The van der Waals surface area contributed by atoms with Crippen LogP contribution in [0.1, 0.15) is 27.0 Å². The van der Waals surface area contributed by atoms with Crippen molar-refractivity contribution in [3.8, 4) is 11.1 Å². The SMILES string of the molecule is NC(=O)c1cccc(-c2ccc(CCNCc3cccc(C(F)(F)F)c3)cc2)c1. The summed E-state index contributed by atoms with van der Waals surface area (Å²) in [7, 11) is 0. The molecular weight excluding hydrogens is 377 g/mol. The zero-order valence-electron chi connectivity index (χ0n) is 15.7. The normalized spacial score (nSPS) is 11.4. The van der Waals surface area contributed by atoms with Gasteiger partial charge in [0.05, 0.1) is 5.56 Å². The maximum absolute atomic E-state index is 12.8. The van der Waals surface area contributed by atoms with Gasteiger partial charge in [-0.15, -0.1) is 0 Å². The lowest BCUT2D eigenvalue weighted by atomic mass is 10.0. The highest BCUT2D eigenvalue weighted by molar-refractivity contribution is 5.94. The number of benzene rings is 3. The second-order valence-corrected chi connectivity index (χ2v) is 6.77. The molecule has 3 N–H and O–H groups in total. The Morgan fingerprint density at radius 1 is 0.862 bits per heavy atom. The summed E-state index contributed by atoms with van der Waals surface area (Å²) in [5.74, 6) is -0.463. The summed E-state index contributed by atoms with van der Waals surface area (Å²) in [6.45, 7) is 1.02. The van der Waals surface area contributed by atoms with Crippen molar-refractivity contribution in [1.82, 2.24) is 5.32 Å². The van der Waals surface area contributed by atoms with Crippen molar-refractivity contribution in [3.05, 3.63) is 95.1 Å². The van der Waals surface area contributed by atoms with Gasteiger partial charge in [-0.25, -0.2) is 0 Å². The minimum Gasteiger partial charge on any atom is -0.366 e. The molecule has 6 heteroatoms. The fourth-order valence-corrected chi connectivity index (χ4v) is 3.04. The smallest absolute Gasteiger partial charge is 0.366 e. The summed E-state index contributed by atoms with van der Waals surface area (Å²) in [5, 5.41) is 3.18. The van der Waals surface area contributed by atoms with Crippen molar-refractivity contribution in [2.75, 3.05) is 6.54 Å². The van der Waals surface area contributed by atoms with E-state index in [2.05, 4.69) is 5.32 Å². The van der Waals surface area contributed by atoms with E-state index in [1.807, 2.05) is 30.3 Å². The number of rotatable bonds is 7. The lowest BCUT2D eigenvalue weighted by Gasteiger charge is -2.10. The highest BCUT2D eigenvalue weighted by Crippen LogP contribution is 2.29. The Morgan fingerprint density at radius 3 is 2.28 bits per heavy atom. The Balaban J connectivity index is 1.53. The summed E-state index contributed by atoms with van der Waals surface area (Å²) >= 11 is 0. The minimum atomic E-state index is -4.32. The third kappa shape index (κ3) is 5.68. The predicted molar refractivity (Wildman–Crippen MR) is 107 cm³/mol. The average Bonchev–Trinajstić information content (AvgIpc) is 2.71. The molecule has 1 amide bonds. The molecule has 0 saturated carbocycles. The van der Waals surface area contributed by atoms with Crippen LogP contribution < -0.4 is 11.1 Å². The van der Waals surface area contributed by atoms with E-state index in [4.69, 9.17) is 5.73 Å². The summed E-state index contributed by atoms with van der Waals surface area (Å²) < 4.78 is 38.3. The van der Waals surface area contributed by atoms with Crippen LogP contribution >= 0.6 is 0 Å². The molecule has 29 heavy (non-hydrogen) atoms. The quantitative estimate of drug-likeness (QED) is 0.562. The Morgan fingerprint density at radius 2 is 1.59 bits per heavy atom. The molecule has 0 unspecified atom stereocenters. The Labute approximate surface area is 167 Å². The summed E-state index contributed by atoms with van der Waals surface area (Å²) in [6, 6.07) is 20.4. The van der Waals surface area contributed by atoms with Crippen molar-refractivity contribution in [3.63, 3.8) is 0 Å². The van der Waals surface area contributed by atoms with Gasteiger partial charge < -0.3 is 11.1 Å². The monoisotopic (exact) mass is 398 g/mol. The number of hydrogen-bond acceptors (Lipinski definition) is 2. The molecule has 0 bridgehead atoms. The van der Waals surface area contributed by atoms with E-state index in [-0.39, 0.29) is 0 Å². The standard InChI is InChI=1S/C23H21F3N2O/c24-23(25,26)21-6-1-3-17(13-21)15-28-12-11-16-7-9-18(10-8-16)19-4-2-5-20(14-19)22(27)29/h1-10,13-14,28H,11-12,15H2,(H2,27,29). The number of carbonyl (C=O) groups excluding carboxylic acids is 1. The van der Waals surface area contributed by atoms with Crippen molar-refractivity contribution in [1.29, 1.82) is 0 Å². The summed E-state index contributed by atoms with van der Waals surface area (Å²) in [5.41, 5.74) is 8.76. The van der Waals surface area contributed by atoms with E-state index in [1.165, 1.54) is 12.1 Å². The van der Waals surface area contributed by atoms with E-state index < -0.39 is 17.6 Å². The summed E-state index contributed by atoms with van der Waals surface area (Å²) in [6.07, 6.45) is -3.57. The molecule has 0 aliphatic rings. The third-order valence-electron chi connectivity index (χ3n) is 4.61. The first-order valence-corrected chi connectivity index (χ1v) is 9.19. The first-order chi connectivity index (χ1) is 13.8.